The number of aromatic nitrogens is 2. The molecule has 2 aromatic rings. The third-order valence-corrected chi connectivity index (χ3v) is 5.85. The molecule has 9 heteroatoms. The van der Waals surface area contributed by atoms with Crippen LogP contribution < -0.4 is 0 Å². The van der Waals surface area contributed by atoms with Crippen molar-refractivity contribution in [3.05, 3.63) is 48.6 Å². The van der Waals surface area contributed by atoms with Gasteiger partial charge in [-0.1, -0.05) is 47.8 Å². The Morgan fingerprint density at radius 1 is 1.32 bits per heavy atom. The monoisotopic (exact) mass is 539 g/mol. The van der Waals surface area contributed by atoms with Crippen LogP contribution in [0.3, 0.4) is 0 Å². The molecule has 134 valence electrons. The highest BCUT2D eigenvalue weighted by Crippen LogP contribution is 2.36. The zero-order valence-corrected chi connectivity index (χ0v) is 17.9. The quantitative estimate of drug-likeness (QED) is 0.505. The molecule has 1 fully saturated rings. The lowest BCUT2D eigenvalue weighted by Gasteiger charge is -2.24. The summed E-state index contributed by atoms with van der Waals surface area (Å²) in [6.07, 6.45) is 0.335. The molecule has 1 aromatic heterocycles. The number of hydrogen-bond donors (Lipinski definition) is 0. The van der Waals surface area contributed by atoms with Crippen LogP contribution in [0.2, 0.25) is 0 Å². The summed E-state index contributed by atoms with van der Waals surface area (Å²) >= 11 is 10.4. The Kier molecular flexibility index (Phi) is 5.65. The topological polar surface area (TPSA) is 38.1 Å². The standard InChI is InChI=1S/C16H14Br3F2N3O/c1-23-6-11(14(22-23)15(20)21)16(25)24(9-2-3-9)7-10-12(18)4-8(17)5-13(10)19/h4-6,9,15H,2-3,7H2,1H3. The van der Waals surface area contributed by atoms with E-state index in [2.05, 4.69) is 52.9 Å². The van der Waals surface area contributed by atoms with E-state index in [0.717, 1.165) is 31.8 Å². The second-order valence-electron chi connectivity index (χ2n) is 5.91. The van der Waals surface area contributed by atoms with E-state index in [1.165, 1.54) is 17.9 Å². The lowest BCUT2D eigenvalue weighted by Crippen LogP contribution is -2.33. The summed E-state index contributed by atoms with van der Waals surface area (Å²) in [6.45, 7) is 0.329. The third-order valence-electron chi connectivity index (χ3n) is 3.98. The van der Waals surface area contributed by atoms with E-state index in [0.29, 0.717) is 6.54 Å². The third kappa shape index (κ3) is 4.14. The largest absolute Gasteiger partial charge is 0.331 e. The second kappa shape index (κ2) is 7.44. The van der Waals surface area contributed by atoms with Gasteiger partial charge in [0.25, 0.3) is 12.3 Å². The minimum atomic E-state index is -2.78. The fourth-order valence-corrected chi connectivity index (χ4v) is 5.14. The molecule has 25 heavy (non-hydrogen) atoms. The molecule has 1 aliphatic rings. The zero-order chi connectivity index (χ0) is 18.3. The predicted octanol–water partition coefficient (Wildman–Crippen LogP) is 5.45. The van der Waals surface area contributed by atoms with E-state index in [1.807, 2.05) is 12.1 Å². The molecule has 1 heterocycles. The van der Waals surface area contributed by atoms with Gasteiger partial charge in [-0.3, -0.25) is 9.48 Å². The molecular formula is C16H14Br3F2N3O. The molecule has 0 radical (unpaired) electrons. The number of hydrogen-bond acceptors (Lipinski definition) is 2. The van der Waals surface area contributed by atoms with E-state index in [9.17, 15) is 13.6 Å². The first-order chi connectivity index (χ1) is 11.8. The normalized spacial score (nSPS) is 14.2. The van der Waals surface area contributed by atoms with Gasteiger partial charge in [0.1, 0.15) is 5.69 Å². The highest BCUT2D eigenvalue weighted by Gasteiger charge is 2.36. The van der Waals surface area contributed by atoms with Gasteiger partial charge in [0.15, 0.2) is 0 Å². The van der Waals surface area contributed by atoms with E-state index >= 15 is 0 Å². The molecule has 1 amide bonds. The van der Waals surface area contributed by atoms with Gasteiger partial charge in [-0.05, 0) is 30.5 Å². The molecule has 4 nitrogen and oxygen atoms in total. The molecule has 1 saturated carbocycles. The van der Waals surface area contributed by atoms with Gasteiger partial charge in [0.05, 0.1) is 5.56 Å². The van der Waals surface area contributed by atoms with Crippen LogP contribution in [-0.4, -0.2) is 26.6 Å². The summed E-state index contributed by atoms with van der Waals surface area (Å²) in [5.74, 6) is -0.410. The second-order valence-corrected chi connectivity index (χ2v) is 8.54. The SMILES string of the molecule is Cn1cc(C(=O)N(Cc2c(Br)cc(Br)cc2Br)C2CC2)c(C(F)F)n1. The number of halogens is 5. The molecule has 1 aromatic carbocycles. The maximum atomic E-state index is 13.2. The van der Waals surface area contributed by atoms with Gasteiger partial charge in [-0.15, -0.1) is 0 Å². The molecule has 0 atom stereocenters. The Morgan fingerprint density at radius 3 is 2.44 bits per heavy atom. The van der Waals surface area contributed by atoms with E-state index < -0.39 is 18.0 Å². The van der Waals surface area contributed by atoms with Gasteiger partial charge in [0, 0.05) is 39.2 Å². The Hall–Kier alpha value is -0.800. The number of amides is 1. The smallest absolute Gasteiger partial charge is 0.282 e. The number of alkyl halides is 2. The predicted molar refractivity (Wildman–Crippen MR) is 101 cm³/mol. The van der Waals surface area contributed by atoms with E-state index in [-0.39, 0.29) is 11.6 Å². The zero-order valence-electron chi connectivity index (χ0n) is 13.1. The van der Waals surface area contributed by atoms with Crippen LogP contribution in [0.25, 0.3) is 0 Å². The molecule has 0 spiro atoms. The summed E-state index contributed by atoms with van der Waals surface area (Å²) in [5, 5.41) is 3.74. The molecule has 0 bridgehead atoms. The molecule has 0 aliphatic heterocycles. The van der Waals surface area contributed by atoms with Crippen LogP contribution in [0, 0.1) is 0 Å². The van der Waals surface area contributed by atoms with Crippen molar-refractivity contribution >= 4 is 53.7 Å². The number of carbonyl (C=O) groups excluding carboxylic acids is 1. The van der Waals surface area contributed by atoms with Gasteiger partial charge in [0.2, 0.25) is 0 Å². The molecule has 0 saturated heterocycles. The van der Waals surface area contributed by atoms with Crippen molar-refractivity contribution < 1.29 is 13.6 Å². The molecular weight excluding hydrogens is 528 g/mol. The van der Waals surface area contributed by atoms with E-state index in [4.69, 9.17) is 0 Å². The minimum absolute atomic E-state index is 0.0336. The maximum Gasteiger partial charge on any atom is 0.282 e. The van der Waals surface area contributed by atoms with E-state index in [1.54, 1.807) is 4.90 Å². The Morgan fingerprint density at radius 2 is 1.92 bits per heavy atom. The van der Waals surface area contributed by atoms with Crippen LogP contribution in [0.1, 0.15) is 40.9 Å². The van der Waals surface area contributed by atoms with Crippen molar-refractivity contribution in [2.45, 2.75) is 31.9 Å². The number of carbonyl (C=O) groups is 1. The van der Waals surface area contributed by atoms with Crippen LogP contribution in [0.15, 0.2) is 31.7 Å². The highest BCUT2D eigenvalue weighted by molar-refractivity contribution is 9.11. The fraction of sp³-hybridized carbons (Fsp3) is 0.375. The van der Waals surface area contributed by atoms with Gasteiger partial charge in [-0.2, -0.15) is 5.10 Å². The minimum Gasteiger partial charge on any atom is -0.331 e. The average molecular weight is 542 g/mol. The summed E-state index contributed by atoms with van der Waals surface area (Å²) in [7, 11) is 1.53. The van der Waals surface area contributed by atoms with Crippen molar-refractivity contribution in [1.29, 1.82) is 0 Å². The lowest BCUT2D eigenvalue weighted by atomic mass is 10.1. The van der Waals surface area contributed by atoms with Crippen molar-refractivity contribution in [2.24, 2.45) is 7.05 Å². The number of nitrogens with zero attached hydrogens (tertiary/aromatic N) is 3. The van der Waals surface area contributed by atoms with Crippen molar-refractivity contribution in [3.63, 3.8) is 0 Å². The van der Waals surface area contributed by atoms with Crippen molar-refractivity contribution in [2.75, 3.05) is 0 Å². The van der Waals surface area contributed by atoms with Crippen molar-refractivity contribution in [1.82, 2.24) is 14.7 Å². The summed E-state index contributed by atoms with van der Waals surface area (Å²) < 4.78 is 30.3. The summed E-state index contributed by atoms with van der Waals surface area (Å²) in [5.41, 5.74) is 0.395. The van der Waals surface area contributed by atoms with Crippen LogP contribution in [0.4, 0.5) is 8.78 Å². The van der Waals surface area contributed by atoms with Gasteiger partial charge < -0.3 is 4.90 Å². The molecule has 0 unspecified atom stereocenters. The lowest BCUT2D eigenvalue weighted by molar-refractivity contribution is 0.0717. The maximum absolute atomic E-state index is 13.2. The van der Waals surface area contributed by atoms with Crippen LogP contribution in [-0.2, 0) is 13.6 Å². The van der Waals surface area contributed by atoms with Crippen LogP contribution >= 0.6 is 47.8 Å². The number of benzene rings is 1. The van der Waals surface area contributed by atoms with Gasteiger partial charge in [-0.25, -0.2) is 8.78 Å². The van der Waals surface area contributed by atoms with Crippen LogP contribution in [0.5, 0.6) is 0 Å². The first-order valence-corrected chi connectivity index (χ1v) is 9.92. The Balaban J connectivity index is 1.94. The van der Waals surface area contributed by atoms with Crippen molar-refractivity contribution in [3.8, 4) is 0 Å². The number of aryl methyl sites for hydroxylation is 1. The molecule has 1 aliphatic carbocycles. The Labute approximate surface area is 168 Å². The summed E-state index contributed by atoms with van der Waals surface area (Å²) in [4.78, 5) is 14.6. The average Bonchev–Trinajstić information content (AvgIpc) is 3.27. The number of rotatable bonds is 5. The van der Waals surface area contributed by atoms with Gasteiger partial charge >= 0.3 is 0 Å². The Bertz CT molecular complexity index is 798. The molecule has 3 rings (SSSR count). The highest BCUT2D eigenvalue weighted by atomic mass is 79.9. The first kappa shape index (κ1) is 19.0. The fourth-order valence-electron chi connectivity index (χ4n) is 2.63. The molecule has 0 N–H and O–H groups in total. The summed E-state index contributed by atoms with van der Waals surface area (Å²) in [6, 6.07) is 3.86. The first-order valence-electron chi connectivity index (χ1n) is 7.54.